The van der Waals surface area contributed by atoms with Gasteiger partial charge in [0.05, 0.1) is 17.5 Å². The van der Waals surface area contributed by atoms with E-state index in [4.69, 9.17) is 16.7 Å². The Morgan fingerprint density at radius 3 is 2.27 bits per heavy atom. The molecular weight excluding hydrogens is 326 g/mol. The maximum atomic E-state index is 12.4. The second-order valence-electron chi connectivity index (χ2n) is 4.61. The van der Waals surface area contributed by atoms with Crippen molar-refractivity contribution in [3.63, 3.8) is 0 Å². The minimum absolute atomic E-state index is 0.0806. The summed E-state index contributed by atoms with van der Waals surface area (Å²) < 4.78 is 27.3. The van der Waals surface area contributed by atoms with Crippen molar-refractivity contribution in [2.45, 2.75) is 17.4 Å². The predicted octanol–water partition coefficient (Wildman–Crippen LogP) is 2.83. The molecule has 0 aliphatic rings. The molecule has 5 nitrogen and oxygen atoms in total. The Morgan fingerprint density at radius 1 is 1.09 bits per heavy atom. The number of hydrogen-bond donors (Lipinski definition) is 2. The largest absolute Gasteiger partial charge is 0.481 e. The number of rotatable bonds is 6. The van der Waals surface area contributed by atoms with Crippen LogP contribution in [-0.2, 0) is 14.8 Å². The molecule has 0 saturated heterocycles. The Kier molecular flexibility index (Phi) is 5.18. The number of carboxylic acids is 1. The van der Waals surface area contributed by atoms with Crippen LogP contribution in [0, 0.1) is 0 Å². The van der Waals surface area contributed by atoms with Crippen molar-refractivity contribution in [2.75, 3.05) is 0 Å². The van der Waals surface area contributed by atoms with Gasteiger partial charge in [0, 0.05) is 0 Å². The highest BCUT2D eigenvalue weighted by Gasteiger charge is 2.24. The average molecular weight is 340 g/mol. The molecule has 2 aromatic carbocycles. The van der Waals surface area contributed by atoms with Gasteiger partial charge in [-0.05, 0) is 17.7 Å². The number of nitrogens with one attached hydrogen (secondary N) is 1. The van der Waals surface area contributed by atoms with Crippen LogP contribution in [0.4, 0.5) is 0 Å². The summed E-state index contributed by atoms with van der Waals surface area (Å²) in [5, 5.41) is 9.09. The molecule has 1 atom stereocenters. The lowest BCUT2D eigenvalue weighted by molar-refractivity contribution is -0.137. The van der Waals surface area contributed by atoms with Crippen LogP contribution in [0.1, 0.15) is 18.0 Å². The number of carboxylic acid groups (broad SMARTS) is 1. The Labute approximate surface area is 133 Å². The molecule has 0 amide bonds. The van der Waals surface area contributed by atoms with E-state index in [1.54, 1.807) is 42.5 Å². The lowest BCUT2D eigenvalue weighted by atomic mass is 10.1. The highest BCUT2D eigenvalue weighted by atomic mass is 35.5. The van der Waals surface area contributed by atoms with Gasteiger partial charge in [0.25, 0.3) is 0 Å². The van der Waals surface area contributed by atoms with Crippen LogP contribution in [0.2, 0.25) is 5.02 Å². The molecule has 0 fully saturated rings. The fourth-order valence-electron chi connectivity index (χ4n) is 2.00. The zero-order chi connectivity index (χ0) is 16.2. The second-order valence-corrected chi connectivity index (χ2v) is 6.70. The normalized spacial score (nSPS) is 12.8. The summed E-state index contributed by atoms with van der Waals surface area (Å²) in [6, 6.07) is 13.7. The quantitative estimate of drug-likeness (QED) is 0.847. The van der Waals surface area contributed by atoms with Gasteiger partial charge in [-0.25, -0.2) is 13.1 Å². The van der Waals surface area contributed by atoms with Gasteiger partial charge in [0.2, 0.25) is 10.0 Å². The average Bonchev–Trinajstić information content (AvgIpc) is 2.47. The SMILES string of the molecule is O=C(O)CC(NS(=O)(=O)c1ccccc1Cl)c1ccccc1. The Balaban J connectivity index is 2.35. The molecule has 1 unspecified atom stereocenters. The number of sulfonamides is 1. The van der Waals surface area contributed by atoms with Crippen molar-refractivity contribution in [1.29, 1.82) is 0 Å². The van der Waals surface area contributed by atoms with E-state index in [-0.39, 0.29) is 16.3 Å². The summed E-state index contributed by atoms with van der Waals surface area (Å²) in [7, 11) is -3.93. The van der Waals surface area contributed by atoms with Gasteiger partial charge in [0.15, 0.2) is 0 Å². The van der Waals surface area contributed by atoms with E-state index in [1.807, 2.05) is 0 Å². The first kappa shape index (κ1) is 16.5. The van der Waals surface area contributed by atoms with Gasteiger partial charge < -0.3 is 5.11 Å². The number of halogens is 1. The van der Waals surface area contributed by atoms with Crippen molar-refractivity contribution in [3.05, 3.63) is 65.2 Å². The lowest BCUT2D eigenvalue weighted by Gasteiger charge is -2.18. The van der Waals surface area contributed by atoms with E-state index in [1.165, 1.54) is 12.1 Å². The summed E-state index contributed by atoms with van der Waals surface area (Å²) in [4.78, 5) is 10.9. The monoisotopic (exact) mass is 339 g/mol. The van der Waals surface area contributed by atoms with Gasteiger partial charge in [-0.2, -0.15) is 0 Å². The number of aliphatic carboxylic acids is 1. The minimum atomic E-state index is -3.93. The van der Waals surface area contributed by atoms with Crippen LogP contribution in [-0.4, -0.2) is 19.5 Å². The zero-order valence-corrected chi connectivity index (χ0v) is 13.0. The molecule has 116 valence electrons. The molecule has 22 heavy (non-hydrogen) atoms. The van der Waals surface area contributed by atoms with Crippen LogP contribution in [0.5, 0.6) is 0 Å². The summed E-state index contributed by atoms with van der Waals surface area (Å²) in [5.41, 5.74) is 0.570. The Morgan fingerprint density at radius 2 is 1.68 bits per heavy atom. The van der Waals surface area contributed by atoms with E-state index in [2.05, 4.69) is 4.72 Å². The summed E-state index contributed by atoms with van der Waals surface area (Å²) in [6.45, 7) is 0. The first-order valence-electron chi connectivity index (χ1n) is 6.44. The molecule has 7 heteroatoms. The van der Waals surface area contributed by atoms with Crippen molar-refractivity contribution in [3.8, 4) is 0 Å². The number of benzene rings is 2. The van der Waals surface area contributed by atoms with E-state index in [0.717, 1.165) is 0 Å². The summed E-state index contributed by atoms with van der Waals surface area (Å²) >= 11 is 5.91. The van der Waals surface area contributed by atoms with Gasteiger partial charge in [-0.1, -0.05) is 54.1 Å². The number of carbonyl (C=O) groups is 1. The molecule has 0 spiro atoms. The van der Waals surface area contributed by atoms with Crippen molar-refractivity contribution >= 4 is 27.6 Å². The Bertz CT molecular complexity index is 762. The first-order valence-corrected chi connectivity index (χ1v) is 8.30. The molecule has 0 aliphatic carbocycles. The molecule has 2 N–H and O–H groups in total. The van der Waals surface area contributed by atoms with Gasteiger partial charge in [-0.3, -0.25) is 4.79 Å². The third kappa shape index (κ3) is 4.07. The fourth-order valence-corrected chi connectivity index (χ4v) is 3.74. The highest BCUT2D eigenvalue weighted by Crippen LogP contribution is 2.24. The van der Waals surface area contributed by atoms with E-state index in [9.17, 15) is 13.2 Å². The maximum Gasteiger partial charge on any atom is 0.305 e. The third-order valence-electron chi connectivity index (χ3n) is 3.00. The third-order valence-corrected chi connectivity index (χ3v) is 4.98. The van der Waals surface area contributed by atoms with Gasteiger partial charge in [0.1, 0.15) is 4.90 Å². The van der Waals surface area contributed by atoms with Crippen LogP contribution in [0.15, 0.2) is 59.5 Å². The highest BCUT2D eigenvalue weighted by molar-refractivity contribution is 7.89. The Hall–Kier alpha value is -1.89. The van der Waals surface area contributed by atoms with Crippen LogP contribution in [0.25, 0.3) is 0 Å². The molecule has 0 aliphatic heterocycles. The van der Waals surface area contributed by atoms with Crippen molar-refractivity contribution in [2.24, 2.45) is 0 Å². The lowest BCUT2D eigenvalue weighted by Crippen LogP contribution is -2.30. The van der Waals surface area contributed by atoms with Crippen LogP contribution < -0.4 is 4.72 Å². The first-order chi connectivity index (χ1) is 10.4. The predicted molar refractivity (Wildman–Crippen MR) is 83.2 cm³/mol. The molecule has 0 heterocycles. The smallest absolute Gasteiger partial charge is 0.305 e. The minimum Gasteiger partial charge on any atom is -0.481 e. The molecule has 0 aromatic heterocycles. The molecule has 0 bridgehead atoms. The van der Waals surface area contributed by atoms with Crippen molar-refractivity contribution < 1.29 is 18.3 Å². The summed E-state index contributed by atoms with van der Waals surface area (Å²) in [6.07, 6.45) is -0.367. The van der Waals surface area contributed by atoms with E-state index >= 15 is 0 Å². The fraction of sp³-hybridized carbons (Fsp3) is 0.133. The maximum absolute atomic E-state index is 12.4. The molecular formula is C15H14ClNO4S. The molecule has 2 rings (SSSR count). The summed E-state index contributed by atoms with van der Waals surface area (Å²) in [5.74, 6) is -1.10. The topological polar surface area (TPSA) is 83.5 Å². The molecule has 0 radical (unpaired) electrons. The molecule has 2 aromatic rings. The van der Waals surface area contributed by atoms with Crippen molar-refractivity contribution in [1.82, 2.24) is 4.72 Å². The standard InChI is InChI=1S/C15H14ClNO4S/c16-12-8-4-5-9-14(12)22(20,21)17-13(10-15(18)19)11-6-2-1-3-7-11/h1-9,13,17H,10H2,(H,18,19). The molecule has 0 saturated carbocycles. The second kappa shape index (κ2) is 6.91. The van der Waals surface area contributed by atoms with E-state index < -0.39 is 22.0 Å². The van der Waals surface area contributed by atoms with Gasteiger partial charge in [-0.15, -0.1) is 0 Å². The van der Waals surface area contributed by atoms with E-state index in [0.29, 0.717) is 5.56 Å². The number of hydrogen-bond acceptors (Lipinski definition) is 3. The van der Waals surface area contributed by atoms with Crippen LogP contribution in [0.3, 0.4) is 0 Å². The van der Waals surface area contributed by atoms with Crippen LogP contribution >= 0.6 is 11.6 Å². The van der Waals surface area contributed by atoms with Gasteiger partial charge >= 0.3 is 5.97 Å². The zero-order valence-electron chi connectivity index (χ0n) is 11.4.